The fourth-order valence-electron chi connectivity index (χ4n) is 4.95. The first-order chi connectivity index (χ1) is 16.6. The van der Waals surface area contributed by atoms with E-state index in [0.717, 1.165) is 50.9 Å². The lowest BCUT2D eigenvalue weighted by Crippen LogP contribution is -2.63. The molecule has 0 bridgehead atoms. The van der Waals surface area contributed by atoms with Crippen LogP contribution < -0.4 is 10.6 Å². The number of benzene rings is 1. The minimum absolute atomic E-state index is 0.0223. The van der Waals surface area contributed by atoms with Crippen molar-refractivity contribution in [3.8, 4) is 0 Å². The topological polar surface area (TPSA) is 107 Å². The molecule has 3 N–H and O–H groups in total. The number of hydrogen-bond acceptors (Lipinski definition) is 7. The number of amides is 1. The number of rotatable bonds is 8. The maximum absolute atomic E-state index is 13.1. The van der Waals surface area contributed by atoms with Crippen LogP contribution in [-0.2, 0) is 21.8 Å². The molecule has 2 atom stereocenters. The number of carbonyl (C=O) groups is 1. The smallest absolute Gasteiger partial charge is 0.392 e. The van der Waals surface area contributed by atoms with Crippen molar-refractivity contribution in [1.82, 2.24) is 20.2 Å². The van der Waals surface area contributed by atoms with Crippen molar-refractivity contribution < 1.29 is 27.3 Å². The zero-order chi connectivity index (χ0) is 25.2. The largest absolute Gasteiger partial charge is 0.416 e. The van der Waals surface area contributed by atoms with Crippen molar-refractivity contribution in [1.29, 1.82) is 0 Å². The maximum Gasteiger partial charge on any atom is 0.416 e. The molecule has 2 heterocycles. The molecule has 192 valence electrons. The van der Waals surface area contributed by atoms with Gasteiger partial charge >= 0.3 is 6.18 Å². The number of aliphatic hydroxyl groups excluding tert-OH is 1. The van der Waals surface area contributed by atoms with Gasteiger partial charge in [0.25, 0.3) is 0 Å². The summed E-state index contributed by atoms with van der Waals surface area (Å²) >= 11 is 0. The third kappa shape index (κ3) is 6.47. The van der Waals surface area contributed by atoms with Crippen molar-refractivity contribution in [2.24, 2.45) is 5.92 Å². The zero-order valence-electron chi connectivity index (χ0n) is 19.4. The van der Waals surface area contributed by atoms with Gasteiger partial charge in [-0.15, -0.1) is 0 Å². The molecule has 8 nitrogen and oxygen atoms in total. The predicted octanol–water partition coefficient (Wildman–Crippen LogP) is 2.16. The molecule has 1 aliphatic heterocycles. The number of nitrogens with zero attached hydrogens (tertiary/aromatic N) is 3. The molecule has 2 fully saturated rings. The number of fused-ring (bicyclic) bond motifs is 1. The van der Waals surface area contributed by atoms with E-state index in [9.17, 15) is 27.3 Å². The Labute approximate surface area is 204 Å². The summed E-state index contributed by atoms with van der Waals surface area (Å²) in [5.41, 5.74) is -0.443. The highest BCUT2D eigenvalue weighted by Crippen LogP contribution is 2.33. The average Bonchev–Trinajstić information content (AvgIpc) is 2.78. The predicted molar refractivity (Wildman–Crippen MR) is 127 cm³/mol. The number of alkyl halides is 3. The van der Waals surface area contributed by atoms with Crippen LogP contribution in [0.5, 0.6) is 0 Å². The lowest BCUT2D eigenvalue weighted by atomic mass is 9.81. The van der Waals surface area contributed by atoms with Gasteiger partial charge in [0, 0.05) is 47.3 Å². The van der Waals surface area contributed by atoms with Crippen LogP contribution in [0.2, 0.25) is 0 Å². The third-order valence-corrected chi connectivity index (χ3v) is 7.67. The molecule has 1 saturated carbocycles. The summed E-state index contributed by atoms with van der Waals surface area (Å²) in [5, 5.41) is 16.2. The summed E-state index contributed by atoms with van der Waals surface area (Å²) in [7, 11) is -1.000. The molecule has 1 aliphatic carbocycles. The van der Waals surface area contributed by atoms with Crippen LogP contribution in [0.4, 0.5) is 19.0 Å². The van der Waals surface area contributed by atoms with Gasteiger partial charge in [0.1, 0.15) is 12.1 Å². The highest BCUT2D eigenvalue weighted by Gasteiger charge is 2.36. The molecule has 2 unspecified atom stereocenters. The van der Waals surface area contributed by atoms with E-state index in [1.54, 1.807) is 6.26 Å². The Balaban J connectivity index is 1.22. The second kappa shape index (κ2) is 10.8. The highest BCUT2D eigenvalue weighted by molar-refractivity contribution is 7.84. The third-order valence-electron chi connectivity index (χ3n) is 6.86. The number of halogens is 3. The van der Waals surface area contributed by atoms with Crippen molar-refractivity contribution >= 4 is 33.4 Å². The molecule has 12 heteroatoms. The summed E-state index contributed by atoms with van der Waals surface area (Å²) in [6, 6.07) is 3.68. The second-order valence-electron chi connectivity index (χ2n) is 9.40. The standard InChI is InChI=1S/C23H30F3N5O3S/c1-35(34)12-20(32)14-2-5-17(6-3-14)31-10-16(11-31)30-21(33)9-27-22-18-8-15(23(24,25)26)4-7-19(18)28-13-29-22/h4,7-8,13-14,16-17,20,32H,2-3,5-6,9-12H2,1H3,(H,30,33)(H,27,28,29). The first-order valence-electron chi connectivity index (χ1n) is 11.7. The fourth-order valence-corrected chi connectivity index (χ4v) is 5.70. The highest BCUT2D eigenvalue weighted by atomic mass is 32.2. The summed E-state index contributed by atoms with van der Waals surface area (Å²) in [4.78, 5) is 22.7. The van der Waals surface area contributed by atoms with Gasteiger partial charge in [0.15, 0.2) is 0 Å². The quantitative estimate of drug-likeness (QED) is 0.497. The van der Waals surface area contributed by atoms with E-state index in [-0.39, 0.29) is 35.6 Å². The van der Waals surface area contributed by atoms with Crippen molar-refractivity contribution in [2.75, 3.05) is 37.0 Å². The van der Waals surface area contributed by atoms with Gasteiger partial charge in [-0.1, -0.05) is 0 Å². The number of nitrogens with one attached hydrogen (secondary N) is 2. The van der Waals surface area contributed by atoms with Crippen molar-refractivity contribution in [2.45, 2.75) is 50.0 Å². The fraction of sp³-hybridized carbons (Fsp3) is 0.609. The van der Waals surface area contributed by atoms with Crippen molar-refractivity contribution in [3.05, 3.63) is 30.1 Å². The Morgan fingerprint density at radius 3 is 2.60 bits per heavy atom. The minimum Gasteiger partial charge on any atom is -0.392 e. The maximum atomic E-state index is 13.1. The molecule has 1 aromatic heterocycles. The van der Waals surface area contributed by atoms with Gasteiger partial charge in [-0.2, -0.15) is 13.2 Å². The molecule has 1 amide bonds. The average molecular weight is 514 g/mol. The lowest BCUT2D eigenvalue weighted by molar-refractivity contribution is -0.137. The second-order valence-corrected chi connectivity index (χ2v) is 10.9. The van der Waals surface area contributed by atoms with Crippen molar-refractivity contribution in [3.63, 3.8) is 0 Å². The first-order valence-corrected chi connectivity index (χ1v) is 13.4. The Kier molecular flexibility index (Phi) is 7.92. The zero-order valence-corrected chi connectivity index (χ0v) is 20.2. The molecule has 1 aromatic carbocycles. The molecule has 0 spiro atoms. The SMILES string of the molecule is CS(=O)CC(O)C1CCC(N2CC(NC(=O)CNc3ncnc4ccc(C(F)(F)F)cc34)C2)CC1. The van der Waals surface area contributed by atoms with Crippen LogP contribution in [0, 0.1) is 5.92 Å². The van der Waals surface area contributed by atoms with Crippen LogP contribution in [0.15, 0.2) is 24.5 Å². The summed E-state index contributed by atoms with van der Waals surface area (Å²) in [6.07, 6.45) is 1.62. The van der Waals surface area contributed by atoms with E-state index in [4.69, 9.17) is 0 Å². The van der Waals surface area contributed by atoms with E-state index in [1.807, 2.05) is 0 Å². The summed E-state index contributed by atoms with van der Waals surface area (Å²) < 4.78 is 50.5. The lowest BCUT2D eigenvalue weighted by Gasteiger charge is -2.47. The Bertz CT molecular complexity index is 1070. The molecular weight excluding hydrogens is 483 g/mol. The number of aliphatic hydroxyl groups is 1. The molecule has 35 heavy (non-hydrogen) atoms. The number of likely N-dealkylation sites (tertiary alicyclic amines) is 1. The summed E-state index contributed by atoms with van der Waals surface area (Å²) in [5.74, 6) is 0.448. The summed E-state index contributed by atoms with van der Waals surface area (Å²) in [6.45, 7) is 1.38. The number of aromatic nitrogens is 2. The van der Waals surface area contributed by atoms with E-state index >= 15 is 0 Å². The van der Waals surface area contributed by atoms with Gasteiger partial charge in [-0.25, -0.2) is 9.97 Å². The Morgan fingerprint density at radius 1 is 1.23 bits per heavy atom. The van der Waals surface area contributed by atoms with E-state index in [1.165, 1.54) is 12.4 Å². The van der Waals surface area contributed by atoms with Crippen LogP contribution in [0.1, 0.15) is 31.2 Å². The van der Waals surface area contributed by atoms with Gasteiger partial charge < -0.3 is 15.7 Å². The number of carbonyl (C=O) groups excluding carboxylic acids is 1. The van der Waals surface area contributed by atoms with Crippen LogP contribution in [0.3, 0.4) is 0 Å². The van der Waals surface area contributed by atoms with Crippen LogP contribution >= 0.6 is 0 Å². The molecule has 0 radical (unpaired) electrons. The molecular formula is C23H30F3N5O3S. The Morgan fingerprint density at radius 2 is 1.94 bits per heavy atom. The van der Waals surface area contributed by atoms with Gasteiger partial charge in [0.2, 0.25) is 5.91 Å². The molecule has 4 rings (SSSR count). The van der Waals surface area contributed by atoms with Gasteiger partial charge in [-0.05, 0) is 49.8 Å². The van der Waals surface area contributed by atoms with E-state index < -0.39 is 28.6 Å². The number of hydrogen-bond donors (Lipinski definition) is 3. The van der Waals surface area contributed by atoms with E-state index in [0.29, 0.717) is 17.3 Å². The van der Waals surface area contributed by atoms with Crippen LogP contribution in [-0.4, -0.2) is 79.9 Å². The molecule has 2 aliphatic rings. The minimum atomic E-state index is -4.48. The van der Waals surface area contributed by atoms with Crippen LogP contribution in [0.25, 0.3) is 10.9 Å². The molecule has 2 aromatic rings. The first kappa shape index (κ1) is 25.8. The monoisotopic (exact) mass is 513 g/mol. The normalized spacial score (nSPS) is 23.5. The van der Waals surface area contributed by atoms with Gasteiger partial charge in [0.05, 0.1) is 29.8 Å². The molecule has 1 saturated heterocycles. The Hall–Kier alpha value is -2.31. The number of anilines is 1. The van der Waals surface area contributed by atoms with Gasteiger partial charge in [-0.3, -0.25) is 13.9 Å². The van der Waals surface area contributed by atoms with E-state index in [2.05, 4.69) is 25.5 Å².